The van der Waals surface area contributed by atoms with Crippen molar-refractivity contribution in [2.24, 2.45) is 0 Å². The molecule has 0 fully saturated rings. The zero-order valence-corrected chi connectivity index (χ0v) is 16.5. The van der Waals surface area contributed by atoms with Crippen molar-refractivity contribution >= 4 is 44.3 Å². The number of thiophene rings is 1. The Labute approximate surface area is 160 Å². The van der Waals surface area contributed by atoms with Gasteiger partial charge in [0.15, 0.2) is 0 Å². The number of carbonyl (C=O) groups excluding carboxylic acids is 1. The molecule has 136 valence electrons. The molecule has 0 saturated heterocycles. The van der Waals surface area contributed by atoms with Gasteiger partial charge < -0.3 is 5.32 Å². The molecule has 3 aromatic rings. The maximum Gasteiger partial charge on any atom is 0.263 e. The van der Waals surface area contributed by atoms with Gasteiger partial charge in [-0.1, -0.05) is 18.2 Å². The zero-order valence-electron chi connectivity index (χ0n) is 14.1. The van der Waals surface area contributed by atoms with Crippen LogP contribution in [0, 0.1) is 0 Å². The molecule has 3 rings (SSSR count). The molecule has 1 atom stereocenters. The second-order valence-electron chi connectivity index (χ2n) is 5.70. The highest BCUT2D eigenvalue weighted by molar-refractivity contribution is 7.92. The van der Waals surface area contributed by atoms with Crippen molar-refractivity contribution in [1.29, 1.82) is 0 Å². The molecular weight excluding hydrogens is 390 g/mol. The first-order valence-electron chi connectivity index (χ1n) is 7.70. The van der Waals surface area contributed by atoms with E-state index in [1.807, 2.05) is 30.5 Å². The van der Waals surface area contributed by atoms with Gasteiger partial charge in [0.05, 0.1) is 23.4 Å². The van der Waals surface area contributed by atoms with Crippen molar-refractivity contribution < 1.29 is 13.2 Å². The van der Waals surface area contributed by atoms with Crippen LogP contribution in [0.3, 0.4) is 0 Å². The minimum atomic E-state index is -3.35. The second-order valence-corrected chi connectivity index (χ2v) is 9.43. The van der Waals surface area contributed by atoms with E-state index in [4.69, 9.17) is 0 Å². The number of carbonyl (C=O) groups is 1. The van der Waals surface area contributed by atoms with Gasteiger partial charge in [0.1, 0.15) is 9.88 Å². The Bertz CT molecular complexity index is 1010. The number of thiazole rings is 1. The molecule has 2 N–H and O–H groups in total. The van der Waals surface area contributed by atoms with E-state index >= 15 is 0 Å². The van der Waals surface area contributed by atoms with Crippen LogP contribution in [0.1, 0.15) is 28.2 Å². The van der Waals surface area contributed by atoms with Gasteiger partial charge in [0, 0.05) is 5.69 Å². The van der Waals surface area contributed by atoms with Gasteiger partial charge in [-0.05, 0) is 36.1 Å². The topological polar surface area (TPSA) is 88.2 Å². The third kappa shape index (κ3) is 4.69. The Morgan fingerprint density at radius 3 is 2.73 bits per heavy atom. The van der Waals surface area contributed by atoms with Crippen LogP contribution < -0.4 is 10.0 Å². The van der Waals surface area contributed by atoms with Crippen LogP contribution in [0.25, 0.3) is 9.88 Å². The molecule has 9 heteroatoms. The largest absolute Gasteiger partial charge is 0.345 e. The van der Waals surface area contributed by atoms with Crippen LogP contribution >= 0.6 is 22.7 Å². The normalized spacial score (nSPS) is 12.5. The first kappa shape index (κ1) is 18.6. The number of nitrogens with zero attached hydrogens (tertiary/aromatic N) is 1. The predicted molar refractivity (Wildman–Crippen MR) is 106 cm³/mol. The Hall–Kier alpha value is -2.23. The highest BCUT2D eigenvalue weighted by atomic mass is 32.2. The maximum atomic E-state index is 12.5. The minimum Gasteiger partial charge on any atom is -0.345 e. The van der Waals surface area contributed by atoms with E-state index in [2.05, 4.69) is 15.0 Å². The molecular formula is C17H17N3O3S3. The number of hydrogen-bond acceptors (Lipinski definition) is 6. The summed E-state index contributed by atoms with van der Waals surface area (Å²) in [5, 5.41) is 5.70. The van der Waals surface area contributed by atoms with Crippen molar-refractivity contribution in [3.8, 4) is 9.88 Å². The first-order valence-corrected chi connectivity index (χ1v) is 11.3. The van der Waals surface area contributed by atoms with Crippen LogP contribution in [-0.4, -0.2) is 25.6 Å². The Balaban J connectivity index is 1.70. The monoisotopic (exact) mass is 407 g/mol. The maximum absolute atomic E-state index is 12.5. The molecule has 2 heterocycles. The summed E-state index contributed by atoms with van der Waals surface area (Å²) in [5.41, 5.74) is 1.26. The second kappa shape index (κ2) is 7.56. The summed E-state index contributed by atoms with van der Waals surface area (Å²) in [5.74, 6) is -0.209. The van der Waals surface area contributed by atoms with E-state index < -0.39 is 10.0 Å². The third-order valence-corrected chi connectivity index (χ3v) is 6.14. The van der Waals surface area contributed by atoms with Crippen molar-refractivity contribution in [2.75, 3.05) is 11.0 Å². The number of aromatic nitrogens is 1. The van der Waals surface area contributed by atoms with Gasteiger partial charge in [-0.15, -0.1) is 22.7 Å². The van der Waals surface area contributed by atoms with E-state index in [-0.39, 0.29) is 11.9 Å². The highest BCUT2D eigenvalue weighted by Gasteiger charge is 2.16. The van der Waals surface area contributed by atoms with Crippen molar-refractivity contribution in [3.05, 3.63) is 58.4 Å². The van der Waals surface area contributed by atoms with E-state index in [1.54, 1.807) is 35.7 Å². The molecule has 0 aliphatic carbocycles. The lowest BCUT2D eigenvalue weighted by Gasteiger charge is -2.15. The summed E-state index contributed by atoms with van der Waals surface area (Å²) >= 11 is 2.92. The lowest BCUT2D eigenvalue weighted by molar-refractivity contribution is 0.0943. The summed E-state index contributed by atoms with van der Waals surface area (Å²) in [6, 6.07) is 10.6. The highest BCUT2D eigenvalue weighted by Crippen LogP contribution is 2.29. The van der Waals surface area contributed by atoms with Crippen LogP contribution in [0.15, 0.2) is 48.0 Å². The molecule has 0 aliphatic rings. The smallest absolute Gasteiger partial charge is 0.263 e. The fourth-order valence-corrected chi connectivity index (χ4v) is 4.51. The van der Waals surface area contributed by atoms with Crippen molar-refractivity contribution in [3.63, 3.8) is 0 Å². The molecule has 2 aromatic heterocycles. The lowest BCUT2D eigenvalue weighted by atomic mass is 10.1. The van der Waals surface area contributed by atoms with Crippen LogP contribution in [0.4, 0.5) is 5.69 Å². The van der Waals surface area contributed by atoms with Crippen molar-refractivity contribution in [2.45, 2.75) is 13.0 Å². The number of anilines is 1. The molecule has 1 amide bonds. The molecule has 0 radical (unpaired) electrons. The summed E-state index contributed by atoms with van der Waals surface area (Å²) in [6.07, 6.45) is 2.67. The molecule has 1 unspecified atom stereocenters. The Morgan fingerprint density at radius 1 is 1.23 bits per heavy atom. The average Bonchev–Trinajstić information content (AvgIpc) is 3.24. The van der Waals surface area contributed by atoms with Gasteiger partial charge in [-0.3, -0.25) is 9.52 Å². The van der Waals surface area contributed by atoms with Crippen LogP contribution in [0.5, 0.6) is 0 Å². The van der Waals surface area contributed by atoms with Crippen LogP contribution in [0.2, 0.25) is 0 Å². The van der Waals surface area contributed by atoms with E-state index in [0.29, 0.717) is 10.6 Å². The number of amides is 1. The Kier molecular flexibility index (Phi) is 5.40. The quantitative estimate of drug-likeness (QED) is 0.652. The van der Waals surface area contributed by atoms with Gasteiger partial charge in [-0.2, -0.15) is 0 Å². The molecule has 6 nitrogen and oxygen atoms in total. The lowest BCUT2D eigenvalue weighted by Crippen LogP contribution is -2.26. The third-order valence-electron chi connectivity index (χ3n) is 3.50. The predicted octanol–water partition coefficient (Wildman–Crippen LogP) is 3.73. The summed E-state index contributed by atoms with van der Waals surface area (Å²) < 4.78 is 25.2. The summed E-state index contributed by atoms with van der Waals surface area (Å²) in [6.45, 7) is 1.85. The van der Waals surface area contributed by atoms with E-state index in [1.165, 1.54) is 11.3 Å². The minimum absolute atomic E-state index is 0.209. The number of nitrogens with one attached hydrogen (secondary N) is 2. The van der Waals surface area contributed by atoms with Gasteiger partial charge in [0.2, 0.25) is 10.0 Å². The zero-order chi connectivity index (χ0) is 18.7. The van der Waals surface area contributed by atoms with Crippen molar-refractivity contribution in [1.82, 2.24) is 10.3 Å². The molecule has 0 spiro atoms. The Morgan fingerprint density at radius 2 is 2.04 bits per heavy atom. The summed E-state index contributed by atoms with van der Waals surface area (Å²) in [7, 11) is -3.35. The number of sulfonamides is 1. The fraction of sp³-hybridized carbons (Fsp3) is 0.176. The fourth-order valence-electron chi connectivity index (χ4n) is 2.33. The number of rotatable bonds is 6. The summed E-state index contributed by atoms with van der Waals surface area (Å²) in [4.78, 5) is 18.3. The molecule has 0 saturated carbocycles. The SMILES string of the molecule is CC(NC(=O)c1cnc(-c2cccs2)s1)c1cccc(NS(C)(=O)=O)c1. The average molecular weight is 408 g/mol. The van der Waals surface area contributed by atoms with Gasteiger partial charge in [-0.25, -0.2) is 13.4 Å². The van der Waals surface area contributed by atoms with Gasteiger partial charge in [0.25, 0.3) is 5.91 Å². The van der Waals surface area contributed by atoms with E-state index in [0.717, 1.165) is 21.7 Å². The van der Waals surface area contributed by atoms with E-state index in [9.17, 15) is 13.2 Å². The molecule has 1 aromatic carbocycles. The standard InChI is InChI=1S/C17H17N3O3S3/c1-11(12-5-3-6-13(9-12)20-26(2,22)23)19-16(21)15-10-18-17(25-15)14-7-4-8-24-14/h3-11,20H,1-2H3,(H,19,21). The first-order chi connectivity index (χ1) is 12.3. The van der Waals surface area contributed by atoms with Crippen LogP contribution in [-0.2, 0) is 10.0 Å². The number of benzene rings is 1. The molecule has 26 heavy (non-hydrogen) atoms. The molecule has 0 aliphatic heterocycles. The number of hydrogen-bond donors (Lipinski definition) is 2. The molecule has 0 bridgehead atoms. The van der Waals surface area contributed by atoms with Gasteiger partial charge >= 0.3 is 0 Å².